The number of aliphatic hydroxyl groups is 1. The molecule has 0 saturated heterocycles. The SMILES string of the molecule is CCOCC(C)Oc1cnc(CO)cn1. The molecule has 1 rings (SSSR count). The Bertz CT molecular complexity index is 277. The lowest BCUT2D eigenvalue weighted by Crippen LogP contribution is -2.19. The Morgan fingerprint density at radius 3 is 2.73 bits per heavy atom. The molecule has 0 radical (unpaired) electrons. The van der Waals surface area contributed by atoms with E-state index >= 15 is 0 Å². The predicted molar refractivity (Wildman–Crippen MR) is 54.5 cm³/mol. The second-order valence-electron chi connectivity index (χ2n) is 3.09. The zero-order valence-corrected chi connectivity index (χ0v) is 9.01. The molecule has 0 spiro atoms. The van der Waals surface area contributed by atoms with Crippen molar-refractivity contribution in [3.63, 3.8) is 0 Å². The number of rotatable bonds is 6. The molecule has 84 valence electrons. The van der Waals surface area contributed by atoms with Gasteiger partial charge in [-0.1, -0.05) is 0 Å². The maximum atomic E-state index is 8.76. The number of aliphatic hydroxyl groups excluding tert-OH is 1. The summed E-state index contributed by atoms with van der Waals surface area (Å²) < 4.78 is 10.6. The molecule has 0 bridgehead atoms. The predicted octanol–water partition coefficient (Wildman–Crippen LogP) is 0.773. The summed E-state index contributed by atoms with van der Waals surface area (Å²) in [5, 5.41) is 8.76. The highest BCUT2D eigenvalue weighted by Gasteiger charge is 2.05. The van der Waals surface area contributed by atoms with Crippen LogP contribution in [0.1, 0.15) is 19.5 Å². The van der Waals surface area contributed by atoms with Crippen LogP contribution in [0.4, 0.5) is 0 Å². The highest BCUT2D eigenvalue weighted by atomic mass is 16.5. The fraction of sp³-hybridized carbons (Fsp3) is 0.600. The molecule has 5 nitrogen and oxygen atoms in total. The first-order chi connectivity index (χ1) is 7.26. The molecule has 0 aliphatic heterocycles. The van der Waals surface area contributed by atoms with Gasteiger partial charge < -0.3 is 14.6 Å². The van der Waals surface area contributed by atoms with Crippen molar-refractivity contribution in [2.75, 3.05) is 13.2 Å². The van der Waals surface area contributed by atoms with E-state index in [1.54, 1.807) is 0 Å². The van der Waals surface area contributed by atoms with E-state index in [2.05, 4.69) is 9.97 Å². The zero-order chi connectivity index (χ0) is 11.1. The van der Waals surface area contributed by atoms with Crippen LogP contribution in [0.25, 0.3) is 0 Å². The standard InChI is InChI=1S/C10H16N2O3/c1-3-14-7-8(2)15-10-5-11-9(6-13)4-12-10/h4-5,8,13H,3,6-7H2,1-2H3. The van der Waals surface area contributed by atoms with Crippen LogP contribution in [0.5, 0.6) is 5.88 Å². The lowest BCUT2D eigenvalue weighted by atomic mass is 10.4. The van der Waals surface area contributed by atoms with E-state index < -0.39 is 0 Å². The maximum Gasteiger partial charge on any atom is 0.232 e. The van der Waals surface area contributed by atoms with E-state index in [1.165, 1.54) is 12.4 Å². The Balaban J connectivity index is 2.42. The van der Waals surface area contributed by atoms with Gasteiger partial charge in [-0.05, 0) is 13.8 Å². The summed E-state index contributed by atoms with van der Waals surface area (Å²) in [6, 6.07) is 0. The number of hydrogen-bond donors (Lipinski definition) is 1. The van der Waals surface area contributed by atoms with E-state index in [-0.39, 0.29) is 12.7 Å². The van der Waals surface area contributed by atoms with Gasteiger partial charge >= 0.3 is 0 Å². The second kappa shape index (κ2) is 6.31. The molecule has 0 fully saturated rings. The molecule has 1 aromatic heterocycles. The zero-order valence-electron chi connectivity index (χ0n) is 9.01. The Kier molecular flexibility index (Phi) is 5.00. The highest BCUT2D eigenvalue weighted by Crippen LogP contribution is 2.06. The van der Waals surface area contributed by atoms with Gasteiger partial charge in [0.25, 0.3) is 0 Å². The van der Waals surface area contributed by atoms with Crippen molar-refractivity contribution in [3.8, 4) is 5.88 Å². The topological polar surface area (TPSA) is 64.5 Å². The third-order valence-electron chi connectivity index (χ3n) is 1.72. The normalized spacial score (nSPS) is 12.5. The van der Waals surface area contributed by atoms with E-state index in [0.29, 0.717) is 24.8 Å². The molecule has 0 aromatic carbocycles. The lowest BCUT2D eigenvalue weighted by molar-refractivity contribution is 0.0630. The second-order valence-corrected chi connectivity index (χ2v) is 3.09. The monoisotopic (exact) mass is 212 g/mol. The molecule has 1 aromatic rings. The smallest absolute Gasteiger partial charge is 0.232 e. The number of ether oxygens (including phenoxy) is 2. The molecule has 0 amide bonds. The molecule has 1 heterocycles. The molecule has 0 aliphatic carbocycles. The summed E-state index contributed by atoms with van der Waals surface area (Å²) in [4.78, 5) is 7.95. The highest BCUT2D eigenvalue weighted by molar-refractivity contribution is 5.06. The largest absolute Gasteiger partial charge is 0.471 e. The quantitative estimate of drug-likeness (QED) is 0.754. The van der Waals surface area contributed by atoms with Gasteiger partial charge in [0.2, 0.25) is 5.88 Å². The summed E-state index contributed by atoms with van der Waals surface area (Å²) in [7, 11) is 0. The van der Waals surface area contributed by atoms with E-state index in [0.717, 1.165) is 0 Å². The van der Waals surface area contributed by atoms with Crippen molar-refractivity contribution in [2.45, 2.75) is 26.6 Å². The summed E-state index contributed by atoms with van der Waals surface area (Å²) >= 11 is 0. The molecule has 1 N–H and O–H groups in total. The van der Waals surface area contributed by atoms with Crippen molar-refractivity contribution >= 4 is 0 Å². The molecule has 0 saturated carbocycles. The molecular formula is C10H16N2O3. The third kappa shape index (κ3) is 4.22. The van der Waals surface area contributed by atoms with Gasteiger partial charge in [0.05, 0.1) is 31.3 Å². The van der Waals surface area contributed by atoms with Crippen molar-refractivity contribution in [1.29, 1.82) is 0 Å². The fourth-order valence-corrected chi connectivity index (χ4v) is 1.01. The van der Waals surface area contributed by atoms with E-state index in [1.807, 2.05) is 13.8 Å². The van der Waals surface area contributed by atoms with Gasteiger partial charge in [0.1, 0.15) is 6.10 Å². The van der Waals surface area contributed by atoms with Crippen LogP contribution in [0.2, 0.25) is 0 Å². The molecule has 1 atom stereocenters. The van der Waals surface area contributed by atoms with Crippen LogP contribution >= 0.6 is 0 Å². The Morgan fingerprint density at radius 1 is 1.40 bits per heavy atom. The van der Waals surface area contributed by atoms with Gasteiger partial charge in [0.15, 0.2) is 0 Å². The molecular weight excluding hydrogens is 196 g/mol. The van der Waals surface area contributed by atoms with Crippen molar-refractivity contribution < 1.29 is 14.6 Å². The van der Waals surface area contributed by atoms with Gasteiger partial charge in [-0.3, -0.25) is 4.98 Å². The first-order valence-corrected chi connectivity index (χ1v) is 4.92. The molecule has 15 heavy (non-hydrogen) atoms. The minimum absolute atomic E-state index is 0.0563. The van der Waals surface area contributed by atoms with Crippen LogP contribution in [0.3, 0.4) is 0 Å². The van der Waals surface area contributed by atoms with E-state index in [9.17, 15) is 0 Å². The average Bonchev–Trinajstić information content (AvgIpc) is 2.27. The molecule has 5 heteroatoms. The molecule has 1 unspecified atom stereocenters. The van der Waals surface area contributed by atoms with Gasteiger partial charge in [-0.2, -0.15) is 0 Å². The number of aromatic nitrogens is 2. The van der Waals surface area contributed by atoms with E-state index in [4.69, 9.17) is 14.6 Å². The van der Waals surface area contributed by atoms with Crippen LogP contribution in [0, 0.1) is 0 Å². The summed E-state index contributed by atoms with van der Waals surface area (Å²) in [6.07, 6.45) is 2.93. The Morgan fingerprint density at radius 2 is 2.20 bits per heavy atom. The van der Waals surface area contributed by atoms with Gasteiger partial charge in [-0.25, -0.2) is 4.98 Å². The first kappa shape index (κ1) is 11.9. The van der Waals surface area contributed by atoms with Crippen molar-refractivity contribution in [2.24, 2.45) is 0 Å². The minimum atomic E-state index is -0.109. The third-order valence-corrected chi connectivity index (χ3v) is 1.72. The summed E-state index contributed by atoms with van der Waals surface area (Å²) in [5.74, 6) is 0.444. The number of hydrogen-bond acceptors (Lipinski definition) is 5. The Labute approximate surface area is 89.1 Å². The van der Waals surface area contributed by atoms with Gasteiger partial charge in [-0.15, -0.1) is 0 Å². The summed E-state index contributed by atoms with van der Waals surface area (Å²) in [5.41, 5.74) is 0.528. The van der Waals surface area contributed by atoms with Crippen LogP contribution < -0.4 is 4.74 Å². The Hall–Kier alpha value is -1.20. The van der Waals surface area contributed by atoms with Crippen LogP contribution in [-0.4, -0.2) is 34.4 Å². The van der Waals surface area contributed by atoms with Crippen LogP contribution in [-0.2, 0) is 11.3 Å². The fourth-order valence-electron chi connectivity index (χ4n) is 1.01. The maximum absolute atomic E-state index is 8.76. The van der Waals surface area contributed by atoms with Gasteiger partial charge in [0, 0.05) is 6.61 Å². The van der Waals surface area contributed by atoms with Crippen LogP contribution in [0.15, 0.2) is 12.4 Å². The van der Waals surface area contributed by atoms with Crippen molar-refractivity contribution in [1.82, 2.24) is 9.97 Å². The first-order valence-electron chi connectivity index (χ1n) is 4.92. The average molecular weight is 212 g/mol. The van der Waals surface area contributed by atoms with Crippen molar-refractivity contribution in [3.05, 3.63) is 18.1 Å². The summed E-state index contributed by atoms with van der Waals surface area (Å²) in [6.45, 7) is 4.92. The lowest BCUT2D eigenvalue weighted by Gasteiger charge is -2.13. The number of nitrogens with zero attached hydrogens (tertiary/aromatic N) is 2. The minimum Gasteiger partial charge on any atom is -0.471 e. The molecule has 0 aliphatic rings.